The zero-order valence-electron chi connectivity index (χ0n) is 9.74. The lowest BCUT2D eigenvalue weighted by Crippen LogP contribution is -1.99. The van der Waals surface area contributed by atoms with Gasteiger partial charge in [-0.3, -0.25) is 0 Å². The van der Waals surface area contributed by atoms with Crippen LogP contribution in [0.15, 0.2) is 39.4 Å². The van der Waals surface area contributed by atoms with E-state index in [-0.39, 0.29) is 0 Å². The van der Waals surface area contributed by atoms with E-state index in [1.807, 2.05) is 42.1 Å². The minimum atomic E-state index is 0.668. The molecule has 0 atom stereocenters. The highest BCUT2D eigenvalue weighted by atomic mass is 79.9. The molecule has 3 nitrogen and oxygen atoms in total. The van der Waals surface area contributed by atoms with Crippen molar-refractivity contribution in [1.29, 1.82) is 5.26 Å². The second kappa shape index (κ2) is 5.59. The Balaban J connectivity index is 2.09. The van der Waals surface area contributed by atoms with E-state index in [2.05, 4.69) is 43.2 Å². The monoisotopic (exact) mass is 367 g/mol. The second-order valence-corrected chi connectivity index (χ2v) is 5.70. The first-order valence-corrected chi connectivity index (χ1v) is 6.93. The summed E-state index contributed by atoms with van der Waals surface area (Å²) in [4.78, 5) is 0. The average molecular weight is 369 g/mol. The molecule has 92 valence electrons. The van der Waals surface area contributed by atoms with E-state index in [9.17, 15) is 0 Å². The van der Waals surface area contributed by atoms with Crippen LogP contribution in [0.2, 0.25) is 0 Å². The Morgan fingerprint density at radius 2 is 2.11 bits per heavy atom. The van der Waals surface area contributed by atoms with E-state index >= 15 is 0 Å². The van der Waals surface area contributed by atoms with E-state index in [0.29, 0.717) is 12.2 Å². The minimum absolute atomic E-state index is 0.668. The van der Waals surface area contributed by atoms with Gasteiger partial charge in [-0.15, -0.1) is 0 Å². The normalized spacial score (nSPS) is 10.1. The minimum Gasteiger partial charge on any atom is -0.380 e. The van der Waals surface area contributed by atoms with Crippen molar-refractivity contribution in [3.8, 4) is 6.07 Å². The molecule has 0 amide bonds. The van der Waals surface area contributed by atoms with Crippen molar-refractivity contribution in [2.45, 2.75) is 6.54 Å². The number of hydrogen-bond acceptors (Lipinski definition) is 2. The molecule has 0 aliphatic carbocycles. The van der Waals surface area contributed by atoms with E-state index in [1.54, 1.807) is 0 Å². The Morgan fingerprint density at radius 3 is 2.72 bits per heavy atom. The van der Waals surface area contributed by atoms with E-state index < -0.39 is 0 Å². The Morgan fingerprint density at radius 1 is 1.33 bits per heavy atom. The van der Waals surface area contributed by atoms with Gasteiger partial charge in [-0.05, 0) is 45.8 Å². The molecule has 5 heteroatoms. The van der Waals surface area contributed by atoms with Crippen molar-refractivity contribution in [3.05, 3.63) is 50.7 Å². The predicted octanol–water partition coefficient (Wildman–Crippen LogP) is 4.03. The van der Waals surface area contributed by atoms with Gasteiger partial charge in [-0.25, -0.2) is 0 Å². The number of rotatable bonds is 3. The van der Waals surface area contributed by atoms with Gasteiger partial charge < -0.3 is 9.88 Å². The maximum atomic E-state index is 8.89. The van der Waals surface area contributed by atoms with Crippen molar-refractivity contribution in [2.24, 2.45) is 7.05 Å². The number of aromatic nitrogens is 1. The van der Waals surface area contributed by atoms with E-state index in [1.165, 1.54) is 0 Å². The fraction of sp³-hybridized carbons (Fsp3) is 0.154. The summed E-state index contributed by atoms with van der Waals surface area (Å²) in [5, 5.41) is 12.2. The van der Waals surface area contributed by atoms with Gasteiger partial charge in [0.2, 0.25) is 0 Å². The van der Waals surface area contributed by atoms with Crippen LogP contribution < -0.4 is 5.32 Å². The lowest BCUT2D eigenvalue weighted by atomic mass is 10.3. The first-order chi connectivity index (χ1) is 8.60. The fourth-order valence-corrected chi connectivity index (χ4v) is 2.86. The predicted molar refractivity (Wildman–Crippen MR) is 79.3 cm³/mol. The molecule has 1 N–H and O–H groups in total. The summed E-state index contributed by atoms with van der Waals surface area (Å²) >= 11 is 6.92. The van der Waals surface area contributed by atoms with Gasteiger partial charge >= 0.3 is 0 Å². The van der Waals surface area contributed by atoms with Gasteiger partial charge in [0.1, 0.15) is 11.8 Å². The fourth-order valence-electron chi connectivity index (χ4n) is 1.67. The van der Waals surface area contributed by atoms with Crippen LogP contribution in [-0.2, 0) is 13.6 Å². The van der Waals surface area contributed by atoms with Crippen molar-refractivity contribution in [2.75, 3.05) is 5.32 Å². The van der Waals surface area contributed by atoms with Crippen molar-refractivity contribution < 1.29 is 0 Å². The topological polar surface area (TPSA) is 40.8 Å². The molecule has 2 aromatic rings. The number of nitriles is 1. The molecule has 0 aliphatic heterocycles. The summed E-state index contributed by atoms with van der Waals surface area (Å²) in [6, 6.07) is 10.0. The van der Waals surface area contributed by atoms with Crippen LogP contribution in [0.1, 0.15) is 11.3 Å². The third-order valence-corrected chi connectivity index (χ3v) is 3.74. The first-order valence-electron chi connectivity index (χ1n) is 5.34. The maximum absolute atomic E-state index is 8.89. The highest BCUT2D eigenvalue weighted by Gasteiger charge is 2.04. The quantitative estimate of drug-likeness (QED) is 0.888. The molecule has 0 saturated carbocycles. The standard InChI is InChI=1S/C13H11Br2N3/c1-18-8-9(4-11(18)6-16)7-17-13-3-2-10(14)5-12(13)15/h2-5,8,17H,7H2,1H3. The molecule has 0 saturated heterocycles. The zero-order chi connectivity index (χ0) is 13.1. The molecule has 1 aromatic carbocycles. The van der Waals surface area contributed by atoms with Crippen molar-refractivity contribution in [3.63, 3.8) is 0 Å². The highest BCUT2D eigenvalue weighted by molar-refractivity contribution is 9.11. The van der Waals surface area contributed by atoms with Crippen LogP contribution >= 0.6 is 31.9 Å². The zero-order valence-corrected chi connectivity index (χ0v) is 12.9. The Bertz CT molecular complexity index is 611. The second-order valence-electron chi connectivity index (χ2n) is 3.93. The molecule has 18 heavy (non-hydrogen) atoms. The molecule has 2 rings (SSSR count). The van der Waals surface area contributed by atoms with E-state index in [4.69, 9.17) is 5.26 Å². The van der Waals surface area contributed by atoms with Crippen molar-refractivity contribution in [1.82, 2.24) is 4.57 Å². The van der Waals surface area contributed by atoms with Gasteiger partial charge in [0.05, 0.1) is 0 Å². The number of aryl methyl sites for hydroxylation is 1. The molecular weight excluding hydrogens is 358 g/mol. The SMILES string of the molecule is Cn1cc(CNc2ccc(Br)cc2Br)cc1C#N. The van der Waals surface area contributed by atoms with Crippen LogP contribution in [0.3, 0.4) is 0 Å². The lowest BCUT2D eigenvalue weighted by Gasteiger charge is -2.07. The van der Waals surface area contributed by atoms with Gasteiger partial charge in [-0.1, -0.05) is 15.9 Å². The summed E-state index contributed by atoms with van der Waals surface area (Å²) in [6.07, 6.45) is 1.96. The number of benzene rings is 1. The summed E-state index contributed by atoms with van der Waals surface area (Å²) in [7, 11) is 1.87. The summed E-state index contributed by atoms with van der Waals surface area (Å²) in [6.45, 7) is 0.690. The molecule has 0 aliphatic rings. The summed E-state index contributed by atoms with van der Waals surface area (Å²) in [5.41, 5.74) is 2.78. The lowest BCUT2D eigenvalue weighted by molar-refractivity contribution is 0.902. The number of nitrogens with zero attached hydrogens (tertiary/aromatic N) is 2. The van der Waals surface area contributed by atoms with Crippen LogP contribution in [0, 0.1) is 11.3 Å². The van der Waals surface area contributed by atoms with Crippen LogP contribution in [0.25, 0.3) is 0 Å². The van der Waals surface area contributed by atoms with Crippen LogP contribution in [0.5, 0.6) is 0 Å². The molecule has 0 spiro atoms. The van der Waals surface area contributed by atoms with Gasteiger partial charge in [0.15, 0.2) is 0 Å². The van der Waals surface area contributed by atoms with Crippen molar-refractivity contribution >= 4 is 37.5 Å². The van der Waals surface area contributed by atoms with E-state index in [0.717, 1.165) is 20.2 Å². The molecular formula is C13H11Br2N3. The third kappa shape index (κ3) is 2.95. The Kier molecular flexibility index (Phi) is 4.10. The van der Waals surface area contributed by atoms with Crippen LogP contribution in [-0.4, -0.2) is 4.57 Å². The number of nitrogens with one attached hydrogen (secondary N) is 1. The molecule has 0 fully saturated rings. The maximum Gasteiger partial charge on any atom is 0.120 e. The van der Waals surface area contributed by atoms with Crippen LogP contribution in [0.4, 0.5) is 5.69 Å². The number of hydrogen-bond donors (Lipinski definition) is 1. The molecule has 0 bridgehead atoms. The molecule has 0 unspecified atom stereocenters. The van der Waals surface area contributed by atoms with Gasteiger partial charge in [-0.2, -0.15) is 5.26 Å². The first kappa shape index (κ1) is 13.2. The summed E-state index contributed by atoms with van der Waals surface area (Å²) in [5.74, 6) is 0. The Hall–Kier alpha value is -1.25. The molecule has 1 aromatic heterocycles. The number of anilines is 1. The molecule has 1 heterocycles. The highest BCUT2D eigenvalue weighted by Crippen LogP contribution is 2.26. The summed E-state index contributed by atoms with van der Waals surface area (Å²) < 4.78 is 3.87. The largest absolute Gasteiger partial charge is 0.380 e. The van der Waals surface area contributed by atoms with Gasteiger partial charge in [0, 0.05) is 34.4 Å². The number of halogens is 2. The Labute approximate surface area is 123 Å². The van der Waals surface area contributed by atoms with Gasteiger partial charge in [0.25, 0.3) is 0 Å². The average Bonchev–Trinajstić information content (AvgIpc) is 2.69. The smallest absolute Gasteiger partial charge is 0.120 e. The third-order valence-electron chi connectivity index (χ3n) is 2.59. The molecule has 0 radical (unpaired) electrons.